The molecule has 1 unspecified atom stereocenters. The van der Waals surface area contributed by atoms with Gasteiger partial charge in [0.15, 0.2) is 0 Å². The van der Waals surface area contributed by atoms with Gasteiger partial charge in [0.1, 0.15) is 5.60 Å². The van der Waals surface area contributed by atoms with Gasteiger partial charge in [-0.15, -0.1) is 0 Å². The smallest absolute Gasteiger partial charge is 0.407 e. The van der Waals surface area contributed by atoms with Crippen LogP contribution < -0.4 is 5.32 Å². The number of hydrogen-bond donors (Lipinski definition) is 2. The van der Waals surface area contributed by atoms with E-state index < -0.39 is 5.60 Å². The highest BCUT2D eigenvalue weighted by Crippen LogP contribution is 2.31. The van der Waals surface area contributed by atoms with Crippen LogP contribution in [-0.2, 0) is 17.6 Å². The number of fused-ring (bicyclic) bond motifs is 3. The minimum atomic E-state index is -0.464. The molecule has 1 aliphatic rings. The van der Waals surface area contributed by atoms with E-state index in [2.05, 4.69) is 38.4 Å². The zero-order valence-corrected chi connectivity index (χ0v) is 14.0. The molecular weight excluding hydrogens is 332 g/mol. The van der Waals surface area contributed by atoms with Crippen LogP contribution >= 0.6 is 15.9 Å². The van der Waals surface area contributed by atoms with Gasteiger partial charge in [-0.2, -0.15) is 0 Å². The third kappa shape index (κ3) is 3.07. The first-order chi connectivity index (χ1) is 9.82. The van der Waals surface area contributed by atoms with Crippen molar-refractivity contribution in [2.75, 3.05) is 0 Å². The second-order valence-corrected chi connectivity index (χ2v) is 7.44. The summed E-state index contributed by atoms with van der Waals surface area (Å²) in [6.45, 7) is 5.61. The number of carbonyl (C=O) groups excluding carboxylic acids is 1. The lowest BCUT2D eigenvalue weighted by Crippen LogP contribution is -2.39. The summed E-state index contributed by atoms with van der Waals surface area (Å²) in [4.78, 5) is 15.3. The quantitative estimate of drug-likeness (QED) is 0.818. The van der Waals surface area contributed by atoms with E-state index in [0.717, 1.165) is 22.8 Å². The Hall–Kier alpha value is -1.49. The van der Waals surface area contributed by atoms with E-state index >= 15 is 0 Å². The van der Waals surface area contributed by atoms with Gasteiger partial charge in [-0.05, 0) is 51.0 Å². The van der Waals surface area contributed by atoms with Crippen LogP contribution in [0.3, 0.4) is 0 Å². The molecule has 0 saturated carbocycles. The molecule has 1 aliphatic carbocycles. The van der Waals surface area contributed by atoms with Gasteiger partial charge in [-0.1, -0.05) is 15.9 Å². The predicted molar refractivity (Wildman–Crippen MR) is 86.6 cm³/mol. The Bertz CT molecular complexity index is 700. The van der Waals surface area contributed by atoms with E-state index in [1.807, 2.05) is 26.8 Å². The molecule has 112 valence electrons. The molecule has 0 spiro atoms. The molecular formula is C16H19BrN2O2. The Morgan fingerprint density at radius 2 is 2.14 bits per heavy atom. The Morgan fingerprint density at radius 1 is 1.38 bits per heavy atom. The van der Waals surface area contributed by atoms with Crippen molar-refractivity contribution in [3.63, 3.8) is 0 Å². The lowest BCUT2D eigenvalue weighted by Gasteiger charge is -2.21. The fourth-order valence-electron chi connectivity index (χ4n) is 2.82. The molecule has 1 aromatic carbocycles. The number of rotatable bonds is 1. The Morgan fingerprint density at radius 3 is 2.86 bits per heavy atom. The van der Waals surface area contributed by atoms with E-state index in [1.165, 1.54) is 16.6 Å². The molecule has 21 heavy (non-hydrogen) atoms. The first kappa shape index (κ1) is 14.4. The van der Waals surface area contributed by atoms with Gasteiger partial charge in [-0.25, -0.2) is 4.79 Å². The molecule has 0 bridgehead atoms. The van der Waals surface area contributed by atoms with Crippen LogP contribution in [0.25, 0.3) is 10.9 Å². The molecule has 1 amide bonds. The summed E-state index contributed by atoms with van der Waals surface area (Å²) >= 11 is 3.51. The van der Waals surface area contributed by atoms with Crippen molar-refractivity contribution in [3.05, 3.63) is 33.9 Å². The molecule has 5 heteroatoms. The second-order valence-electron chi connectivity index (χ2n) is 6.52. The minimum absolute atomic E-state index is 0.101. The molecule has 0 fully saturated rings. The zero-order valence-electron chi connectivity index (χ0n) is 12.4. The predicted octanol–water partition coefficient (Wildman–Crippen LogP) is 3.92. The number of aromatic nitrogens is 1. The molecule has 1 heterocycles. The first-order valence-corrected chi connectivity index (χ1v) is 7.89. The fourth-order valence-corrected chi connectivity index (χ4v) is 3.19. The van der Waals surface area contributed by atoms with Gasteiger partial charge in [0.25, 0.3) is 0 Å². The summed E-state index contributed by atoms with van der Waals surface area (Å²) in [5.74, 6) is 0. The number of halogens is 1. The van der Waals surface area contributed by atoms with Gasteiger partial charge in [0.2, 0.25) is 0 Å². The maximum Gasteiger partial charge on any atom is 0.407 e. The maximum absolute atomic E-state index is 11.9. The van der Waals surface area contributed by atoms with Gasteiger partial charge in [0.05, 0.1) is 0 Å². The largest absolute Gasteiger partial charge is 0.444 e. The van der Waals surface area contributed by atoms with Crippen LogP contribution in [0, 0.1) is 0 Å². The molecule has 1 atom stereocenters. The van der Waals surface area contributed by atoms with E-state index in [-0.39, 0.29) is 12.1 Å². The van der Waals surface area contributed by atoms with E-state index in [4.69, 9.17) is 4.74 Å². The van der Waals surface area contributed by atoms with Crippen LogP contribution in [0.4, 0.5) is 4.79 Å². The third-order valence-electron chi connectivity index (χ3n) is 3.58. The van der Waals surface area contributed by atoms with Crippen LogP contribution in [0.1, 0.15) is 32.0 Å². The number of carbonyl (C=O) groups is 1. The highest BCUT2D eigenvalue weighted by molar-refractivity contribution is 9.10. The van der Waals surface area contributed by atoms with Gasteiger partial charge in [0, 0.05) is 33.5 Å². The summed E-state index contributed by atoms with van der Waals surface area (Å²) in [5.41, 5.74) is 3.20. The lowest BCUT2D eigenvalue weighted by molar-refractivity contribution is 0.0506. The van der Waals surface area contributed by atoms with Crippen molar-refractivity contribution in [1.82, 2.24) is 10.3 Å². The fraction of sp³-hybridized carbons (Fsp3) is 0.438. The number of aromatic amines is 1. The normalized spacial score (nSPS) is 17.8. The summed E-state index contributed by atoms with van der Waals surface area (Å²) < 4.78 is 6.38. The van der Waals surface area contributed by atoms with Crippen molar-refractivity contribution in [1.29, 1.82) is 0 Å². The van der Waals surface area contributed by atoms with Crippen molar-refractivity contribution in [2.24, 2.45) is 0 Å². The van der Waals surface area contributed by atoms with Gasteiger partial charge >= 0.3 is 6.09 Å². The lowest BCUT2D eigenvalue weighted by atomic mass is 10.1. The van der Waals surface area contributed by atoms with Crippen molar-refractivity contribution < 1.29 is 9.53 Å². The standard InChI is InChI=1S/C16H19BrN2O2/c1-16(2,3)21-15(20)18-10-7-12-11-6-9(17)4-5-13(11)19-14(12)8-10/h4-6,10,19H,7-8H2,1-3H3,(H,18,20). The number of amides is 1. The Balaban J connectivity index is 1.73. The number of alkyl carbamates (subject to hydrolysis) is 1. The Kier molecular flexibility index (Phi) is 3.48. The van der Waals surface area contributed by atoms with Gasteiger partial charge < -0.3 is 15.0 Å². The maximum atomic E-state index is 11.9. The van der Waals surface area contributed by atoms with E-state index in [1.54, 1.807) is 0 Å². The summed E-state index contributed by atoms with van der Waals surface area (Å²) in [6, 6.07) is 6.34. The zero-order chi connectivity index (χ0) is 15.2. The monoisotopic (exact) mass is 350 g/mol. The summed E-state index contributed by atoms with van der Waals surface area (Å²) in [6.07, 6.45) is 1.31. The van der Waals surface area contributed by atoms with Crippen LogP contribution in [0.15, 0.2) is 22.7 Å². The molecule has 2 N–H and O–H groups in total. The number of H-pyrrole nitrogens is 1. The van der Waals surface area contributed by atoms with Crippen LogP contribution in [0.5, 0.6) is 0 Å². The molecule has 2 aromatic rings. The molecule has 3 rings (SSSR count). The average molecular weight is 351 g/mol. The Labute approximate surface area is 132 Å². The van der Waals surface area contributed by atoms with Gasteiger partial charge in [-0.3, -0.25) is 0 Å². The molecule has 0 radical (unpaired) electrons. The summed E-state index contributed by atoms with van der Waals surface area (Å²) in [5, 5.41) is 4.18. The highest BCUT2D eigenvalue weighted by Gasteiger charge is 2.28. The first-order valence-electron chi connectivity index (χ1n) is 7.10. The van der Waals surface area contributed by atoms with E-state index in [0.29, 0.717) is 0 Å². The van der Waals surface area contributed by atoms with Crippen molar-refractivity contribution >= 4 is 32.9 Å². The topological polar surface area (TPSA) is 54.1 Å². The number of hydrogen-bond acceptors (Lipinski definition) is 2. The number of benzene rings is 1. The van der Waals surface area contributed by atoms with Crippen molar-refractivity contribution in [2.45, 2.75) is 45.3 Å². The van der Waals surface area contributed by atoms with Crippen molar-refractivity contribution in [3.8, 4) is 0 Å². The van der Waals surface area contributed by atoms with Crippen LogP contribution in [0.2, 0.25) is 0 Å². The van der Waals surface area contributed by atoms with Crippen LogP contribution in [-0.4, -0.2) is 22.7 Å². The minimum Gasteiger partial charge on any atom is -0.444 e. The highest BCUT2D eigenvalue weighted by atomic mass is 79.9. The number of nitrogens with one attached hydrogen (secondary N) is 2. The molecule has 4 nitrogen and oxygen atoms in total. The number of ether oxygens (including phenoxy) is 1. The third-order valence-corrected chi connectivity index (χ3v) is 4.07. The SMILES string of the molecule is CC(C)(C)OC(=O)NC1Cc2[nH]c3ccc(Br)cc3c2C1. The summed E-state index contributed by atoms with van der Waals surface area (Å²) in [7, 11) is 0. The molecule has 0 saturated heterocycles. The average Bonchev–Trinajstić information content (AvgIpc) is 2.84. The van der Waals surface area contributed by atoms with E-state index in [9.17, 15) is 4.79 Å². The second kappa shape index (κ2) is 5.05. The molecule has 0 aliphatic heterocycles. The molecule has 1 aromatic heterocycles.